The summed E-state index contributed by atoms with van der Waals surface area (Å²) in [5, 5.41) is 0. The highest BCUT2D eigenvalue weighted by Gasteiger charge is 2.23. The molecule has 0 atom stereocenters. The molecular formula is C14H19NO2. The fourth-order valence-corrected chi connectivity index (χ4v) is 2.19. The summed E-state index contributed by atoms with van der Waals surface area (Å²) in [6.45, 7) is 0.815. The number of rotatable bonds is 4. The van der Waals surface area contributed by atoms with Crippen LogP contribution < -0.4 is 0 Å². The van der Waals surface area contributed by atoms with Crippen LogP contribution >= 0.6 is 0 Å². The van der Waals surface area contributed by atoms with Gasteiger partial charge in [-0.15, -0.1) is 0 Å². The highest BCUT2D eigenvalue weighted by atomic mass is 16.5. The van der Waals surface area contributed by atoms with Gasteiger partial charge in [-0.25, -0.2) is 4.79 Å². The molecule has 3 heteroatoms. The molecule has 1 aliphatic carbocycles. The monoisotopic (exact) mass is 233 g/mol. The van der Waals surface area contributed by atoms with Crippen molar-refractivity contribution in [2.75, 3.05) is 14.2 Å². The van der Waals surface area contributed by atoms with Gasteiger partial charge < -0.3 is 4.74 Å². The van der Waals surface area contributed by atoms with Gasteiger partial charge in [0.1, 0.15) is 0 Å². The first-order valence-corrected chi connectivity index (χ1v) is 6.09. The third kappa shape index (κ3) is 2.67. The second kappa shape index (κ2) is 5.32. The highest BCUT2D eigenvalue weighted by Crippen LogP contribution is 2.25. The third-order valence-electron chi connectivity index (χ3n) is 3.54. The minimum Gasteiger partial charge on any atom is -0.465 e. The van der Waals surface area contributed by atoms with Crippen LogP contribution in [0.4, 0.5) is 0 Å². The van der Waals surface area contributed by atoms with Gasteiger partial charge in [0.05, 0.1) is 12.7 Å². The van der Waals surface area contributed by atoms with Crippen LogP contribution in [0.2, 0.25) is 0 Å². The van der Waals surface area contributed by atoms with Crippen LogP contribution in [0.15, 0.2) is 24.3 Å². The largest absolute Gasteiger partial charge is 0.465 e. The molecular weight excluding hydrogens is 214 g/mol. The van der Waals surface area contributed by atoms with E-state index in [1.807, 2.05) is 24.3 Å². The number of hydrogen-bond acceptors (Lipinski definition) is 3. The van der Waals surface area contributed by atoms with Crippen LogP contribution in [0.5, 0.6) is 0 Å². The minimum atomic E-state index is -0.248. The SMILES string of the molecule is COC(=O)c1ccccc1CN(C)C1CCC1. The highest BCUT2D eigenvalue weighted by molar-refractivity contribution is 5.90. The molecule has 1 saturated carbocycles. The van der Waals surface area contributed by atoms with E-state index in [4.69, 9.17) is 4.74 Å². The van der Waals surface area contributed by atoms with E-state index in [-0.39, 0.29) is 5.97 Å². The lowest BCUT2D eigenvalue weighted by Crippen LogP contribution is -2.36. The van der Waals surface area contributed by atoms with Crippen molar-refractivity contribution in [2.45, 2.75) is 31.8 Å². The lowest BCUT2D eigenvalue weighted by molar-refractivity contribution is 0.0597. The molecule has 0 amide bonds. The van der Waals surface area contributed by atoms with Crippen LogP contribution in [0, 0.1) is 0 Å². The smallest absolute Gasteiger partial charge is 0.338 e. The first kappa shape index (κ1) is 12.1. The maximum Gasteiger partial charge on any atom is 0.338 e. The van der Waals surface area contributed by atoms with Gasteiger partial charge >= 0.3 is 5.97 Å². The molecule has 1 aromatic carbocycles. The van der Waals surface area contributed by atoms with Gasteiger partial charge in [0.25, 0.3) is 0 Å². The molecule has 3 nitrogen and oxygen atoms in total. The molecule has 17 heavy (non-hydrogen) atoms. The lowest BCUT2D eigenvalue weighted by Gasteiger charge is -2.35. The van der Waals surface area contributed by atoms with Gasteiger partial charge in [-0.1, -0.05) is 24.6 Å². The molecule has 0 aliphatic heterocycles. The van der Waals surface area contributed by atoms with E-state index in [9.17, 15) is 4.79 Å². The van der Waals surface area contributed by atoms with Crippen molar-refractivity contribution in [1.29, 1.82) is 0 Å². The Balaban J connectivity index is 2.11. The topological polar surface area (TPSA) is 29.5 Å². The first-order valence-electron chi connectivity index (χ1n) is 6.09. The summed E-state index contributed by atoms with van der Waals surface area (Å²) >= 11 is 0. The molecule has 0 bridgehead atoms. The van der Waals surface area contributed by atoms with Gasteiger partial charge in [-0.3, -0.25) is 4.90 Å². The summed E-state index contributed by atoms with van der Waals surface area (Å²) in [4.78, 5) is 14.0. The number of carbonyl (C=O) groups is 1. The Labute approximate surface area is 102 Å². The molecule has 0 unspecified atom stereocenters. The minimum absolute atomic E-state index is 0.248. The van der Waals surface area contributed by atoms with Crippen molar-refractivity contribution in [1.82, 2.24) is 4.90 Å². The van der Waals surface area contributed by atoms with Gasteiger partial charge in [0, 0.05) is 12.6 Å². The second-order valence-corrected chi connectivity index (χ2v) is 4.65. The van der Waals surface area contributed by atoms with E-state index in [1.165, 1.54) is 26.4 Å². The van der Waals surface area contributed by atoms with Crippen molar-refractivity contribution in [3.8, 4) is 0 Å². The Kier molecular flexibility index (Phi) is 3.79. The third-order valence-corrected chi connectivity index (χ3v) is 3.54. The molecule has 0 saturated heterocycles. The number of ether oxygens (including phenoxy) is 1. The van der Waals surface area contributed by atoms with Crippen LogP contribution in [-0.4, -0.2) is 31.1 Å². The summed E-state index contributed by atoms with van der Waals surface area (Å²) in [6, 6.07) is 8.35. The van der Waals surface area contributed by atoms with Crippen LogP contribution in [-0.2, 0) is 11.3 Å². The standard InChI is InChI=1S/C14H19NO2/c1-15(12-7-5-8-12)10-11-6-3-4-9-13(11)14(16)17-2/h3-4,6,9,12H,5,7-8,10H2,1-2H3. The molecule has 0 radical (unpaired) electrons. The molecule has 0 spiro atoms. The average Bonchev–Trinajstić information content (AvgIpc) is 2.26. The lowest BCUT2D eigenvalue weighted by atomic mass is 9.91. The van der Waals surface area contributed by atoms with Gasteiger partial charge in [0.2, 0.25) is 0 Å². The molecule has 2 rings (SSSR count). The number of carbonyl (C=O) groups excluding carboxylic acids is 1. The number of nitrogens with zero attached hydrogens (tertiary/aromatic N) is 1. The van der Waals surface area contributed by atoms with E-state index >= 15 is 0 Å². The summed E-state index contributed by atoms with van der Waals surface area (Å²) in [5.74, 6) is -0.248. The zero-order chi connectivity index (χ0) is 12.3. The maximum atomic E-state index is 11.6. The van der Waals surface area contributed by atoms with E-state index < -0.39 is 0 Å². The number of benzene rings is 1. The summed E-state index contributed by atoms with van der Waals surface area (Å²) in [7, 11) is 3.55. The van der Waals surface area contributed by atoms with E-state index in [0.717, 1.165) is 12.1 Å². The zero-order valence-corrected chi connectivity index (χ0v) is 10.5. The zero-order valence-electron chi connectivity index (χ0n) is 10.5. The normalized spacial score (nSPS) is 15.7. The van der Waals surface area contributed by atoms with Crippen molar-refractivity contribution in [2.24, 2.45) is 0 Å². The fourth-order valence-electron chi connectivity index (χ4n) is 2.19. The molecule has 0 N–H and O–H groups in total. The summed E-state index contributed by atoms with van der Waals surface area (Å²) in [6.07, 6.45) is 3.88. The van der Waals surface area contributed by atoms with E-state index in [0.29, 0.717) is 11.6 Å². The van der Waals surface area contributed by atoms with Crippen LogP contribution in [0.3, 0.4) is 0 Å². The number of esters is 1. The Hall–Kier alpha value is -1.35. The fraction of sp³-hybridized carbons (Fsp3) is 0.500. The van der Waals surface area contributed by atoms with E-state index in [1.54, 1.807) is 0 Å². The predicted molar refractivity (Wildman–Crippen MR) is 66.9 cm³/mol. The van der Waals surface area contributed by atoms with Crippen molar-refractivity contribution < 1.29 is 9.53 Å². The van der Waals surface area contributed by atoms with Crippen LogP contribution in [0.25, 0.3) is 0 Å². The first-order chi connectivity index (χ1) is 8.22. The molecule has 92 valence electrons. The van der Waals surface area contributed by atoms with Crippen molar-refractivity contribution in [3.05, 3.63) is 35.4 Å². The van der Waals surface area contributed by atoms with Crippen molar-refractivity contribution >= 4 is 5.97 Å². The van der Waals surface area contributed by atoms with Gasteiger partial charge in [-0.2, -0.15) is 0 Å². The Morgan fingerprint density at radius 1 is 1.41 bits per heavy atom. The molecule has 0 aromatic heterocycles. The van der Waals surface area contributed by atoms with Crippen LogP contribution in [0.1, 0.15) is 35.2 Å². The summed E-state index contributed by atoms with van der Waals surface area (Å²) < 4.78 is 4.80. The molecule has 1 aromatic rings. The Morgan fingerprint density at radius 2 is 2.12 bits per heavy atom. The molecule has 0 heterocycles. The number of methoxy groups -OCH3 is 1. The second-order valence-electron chi connectivity index (χ2n) is 4.65. The average molecular weight is 233 g/mol. The quantitative estimate of drug-likeness (QED) is 0.748. The summed E-state index contributed by atoms with van der Waals surface area (Å²) in [5.41, 5.74) is 1.73. The molecule has 1 fully saturated rings. The van der Waals surface area contributed by atoms with Gasteiger partial charge in [0.15, 0.2) is 0 Å². The predicted octanol–water partition coefficient (Wildman–Crippen LogP) is 2.46. The number of hydrogen-bond donors (Lipinski definition) is 0. The van der Waals surface area contributed by atoms with E-state index in [2.05, 4.69) is 11.9 Å². The maximum absolute atomic E-state index is 11.6. The molecule has 1 aliphatic rings. The van der Waals surface area contributed by atoms with Crippen molar-refractivity contribution in [3.63, 3.8) is 0 Å². The Bertz CT molecular complexity index is 399. The van der Waals surface area contributed by atoms with Gasteiger partial charge in [-0.05, 0) is 31.5 Å². The Morgan fingerprint density at radius 3 is 2.71 bits per heavy atom.